The van der Waals surface area contributed by atoms with Gasteiger partial charge in [-0.25, -0.2) is 4.98 Å². The molecule has 2 heterocycles. The van der Waals surface area contributed by atoms with Gasteiger partial charge in [-0.15, -0.1) is 0 Å². The van der Waals surface area contributed by atoms with Crippen LogP contribution in [-0.4, -0.2) is 28.9 Å². The predicted octanol–water partition coefficient (Wildman–Crippen LogP) is 5.33. The van der Waals surface area contributed by atoms with Crippen LogP contribution in [0.5, 0.6) is 0 Å². The Morgan fingerprint density at radius 3 is 2.62 bits per heavy atom. The van der Waals surface area contributed by atoms with Crippen molar-refractivity contribution in [2.24, 2.45) is 0 Å². The van der Waals surface area contributed by atoms with E-state index in [0.29, 0.717) is 41.4 Å². The number of halogens is 3. The molecule has 0 spiro atoms. The summed E-state index contributed by atoms with van der Waals surface area (Å²) in [6.07, 6.45) is 5.03. The number of hydrogen-bond donors (Lipinski definition) is 0. The van der Waals surface area contributed by atoms with Crippen molar-refractivity contribution in [3.8, 4) is 0 Å². The molecule has 152 valence electrons. The van der Waals surface area contributed by atoms with Crippen molar-refractivity contribution in [1.29, 1.82) is 0 Å². The Bertz CT molecular complexity index is 950. The van der Waals surface area contributed by atoms with Crippen LogP contribution < -0.4 is 0 Å². The standard InChI is InChI=1S/C21H19Cl3N2O3/c22-16-3-1-15(2-4-16)10-27-11-18-12-28-21(29-18,13-26-8-7-25-14-26)19-6-5-17(23)9-20(19)24/h1-9,14,18H,10-13H2/t18-,21-/m1/s1. The maximum atomic E-state index is 6.47. The molecule has 4 rings (SSSR count). The highest BCUT2D eigenvalue weighted by molar-refractivity contribution is 6.35. The van der Waals surface area contributed by atoms with Gasteiger partial charge in [0, 0.05) is 28.0 Å². The maximum absolute atomic E-state index is 6.47. The summed E-state index contributed by atoms with van der Waals surface area (Å²) in [6.45, 7) is 1.64. The number of hydrogen-bond acceptors (Lipinski definition) is 4. The molecule has 1 saturated heterocycles. The molecular formula is C21H19Cl3N2O3. The molecule has 2 atom stereocenters. The number of benzene rings is 2. The van der Waals surface area contributed by atoms with Gasteiger partial charge in [0.05, 0.1) is 37.7 Å². The lowest BCUT2D eigenvalue weighted by Gasteiger charge is -2.30. The molecule has 1 fully saturated rings. The number of aromatic nitrogens is 2. The first-order valence-electron chi connectivity index (χ1n) is 9.09. The van der Waals surface area contributed by atoms with Crippen molar-refractivity contribution >= 4 is 34.8 Å². The minimum Gasteiger partial charge on any atom is -0.374 e. The van der Waals surface area contributed by atoms with Gasteiger partial charge in [-0.3, -0.25) is 0 Å². The van der Waals surface area contributed by atoms with Crippen LogP contribution >= 0.6 is 34.8 Å². The molecule has 0 radical (unpaired) electrons. The number of nitrogens with zero attached hydrogens (tertiary/aromatic N) is 2. The fourth-order valence-electron chi connectivity index (χ4n) is 3.26. The third-order valence-electron chi connectivity index (χ3n) is 4.64. The van der Waals surface area contributed by atoms with Gasteiger partial charge in [-0.1, -0.05) is 53.0 Å². The fraction of sp³-hybridized carbons (Fsp3) is 0.286. The topological polar surface area (TPSA) is 45.5 Å². The zero-order valence-corrected chi connectivity index (χ0v) is 17.7. The molecule has 3 aromatic rings. The zero-order valence-electron chi connectivity index (χ0n) is 15.4. The normalized spacial score (nSPS) is 21.6. The highest BCUT2D eigenvalue weighted by atomic mass is 35.5. The van der Waals surface area contributed by atoms with E-state index in [1.54, 1.807) is 24.7 Å². The molecule has 1 aliphatic heterocycles. The van der Waals surface area contributed by atoms with Gasteiger partial charge in [0.15, 0.2) is 0 Å². The summed E-state index contributed by atoms with van der Waals surface area (Å²) in [5.41, 5.74) is 1.76. The van der Waals surface area contributed by atoms with Crippen LogP contribution in [0, 0.1) is 0 Å². The summed E-state index contributed by atoms with van der Waals surface area (Å²) in [4.78, 5) is 4.10. The highest BCUT2D eigenvalue weighted by Gasteiger charge is 2.45. The van der Waals surface area contributed by atoms with Crippen molar-refractivity contribution in [3.05, 3.63) is 87.4 Å². The van der Waals surface area contributed by atoms with Crippen LogP contribution in [0.1, 0.15) is 11.1 Å². The van der Waals surface area contributed by atoms with E-state index < -0.39 is 5.79 Å². The van der Waals surface area contributed by atoms with Crippen molar-refractivity contribution in [1.82, 2.24) is 9.55 Å². The van der Waals surface area contributed by atoms with Crippen LogP contribution in [0.2, 0.25) is 15.1 Å². The molecule has 8 heteroatoms. The van der Waals surface area contributed by atoms with Gasteiger partial charge >= 0.3 is 0 Å². The molecule has 0 N–H and O–H groups in total. The minimum atomic E-state index is -1.04. The molecule has 0 amide bonds. The van der Waals surface area contributed by atoms with Crippen molar-refractivity contribution in [2.45, 2.75) is 25.0 Å². The molecule has 2 aromatic carbocycles. The summed E-state index contributed by atoms with van der Waals surface area (Å²) in [5, 5.41) is 1.74. The first kappa shape index (κ1) is 20.7. The van der Waals surface area contributed by atoms with Crippen LogP contribution in [0.25, 0.3) is 0 Å². The summed E-state index contributed by atoms with van der Waals surface area (Å²) in [7, 11) is 0. The molecule has 1 aliphatic rings. The molecule has 0 aliphatic carbocycles. The quantitative estimate of drug-likeness (QED) is 0.485. The Balaban J connectivity index is 1.47. The minimum absolute atomic E-state index is 0.238. The third-order valence-corrected chi connectivity index (χ3v) is 5.44. The van der Waals surface area contributed by atoms with Gasteiger partial charge in [0.1, 0.15) is 6.10 Å². The van der Waals surface area contributed by atoms with Crippen molar-refractivity contribution in [3.63, 3.8) is 0 Å². The Morgan fingerprint density at radius 2 is 1.90 bits per heavy atom. The molecular weight excluding hydrogens is 435 g/mol. The average Bonchev–Trinajstić information content (AvgIpc) is 3.34. The molecule has 1 aromatic heterocycles. The van der Waals surface area contributed by atoms with Crippen LogP contribution in [-0.2, 0) is 33.1 Å². The van der Waals surface area contributed by atoms with Crippen LogP contribution in [0.3, 0.4) is 0 Å². The smallest absolute Gasteiger partial charge is 0.215 e. The van der Waals surface area contributed by atoms with Crippen molar-refractivity contribution in [2.75, 3.05) is 13.2 Å². The first-order chi connectivity index (χ1) is 14.0. The second-order valence-corrected chi connectivity index (χ2v) is 8.08. The van der Waals surface area contributed by atoms with Gasteiger partial charge in [-0.05, 0) is 29.8 Å². The molecule has 0 saturated carbocycles. The molecule has 29 heavy (non-hydrogen) atoms. The SMILES string of the molecule is Clc1ccc(COC[C@@H]2CO[C@@](Cn3ccnc3)(c3ccc(Cl)cc3Cl)O2)cc1. The van der Waals surface area contributed by atoms with Crippen molar-refractivity contribution < 1.29 is 14.2 Å². The van der Waals surface area contributed by atoms with E-state index in [0.717, 1.165) is 11.1 Å². The number of rotatable bonds is 7. The van der Waals surface area contributed by atoms with E-state index in [2.05, 4.69) is 4.98 Å². The molecule has 5 nitrogen and oxygen atoms in total. The summed E-state index contributed by atoms with van der Waals surface area (Å²) in [6, 6.07) is 12.8. The molecule has 0 unspecified atom stereocenters. The van der Waals surface area contributed by atoms with Gasteiger partial charge in [-0.2, -0.15) is 0 Å². The Kier molecular flexibility index (Phi) is 6.44. The second-order valence-electron chi connectivity index (χ2n) is 6.80. The summed E-state index contributed by atoms with van der Waals surface area (Å²) in [5.74, 6) is -1.04. The maximum Gasteiger partial charge on any atom is 0.215 e. The van der Waals surface area contributed by atoms with Crippen LogP contribution in [0.15, 0.2) is 61.2 Å². The average molecular weight is 454 g/mol. The molecule has 0 bridgehead atoms. The lowest BCUT2D eigenvalue weighted by Crippen LogP contribution is -2.34. The lowest BCUT2D eigenvalue weighted by atomic mass is 10.1. The highest BCUT2D eigenvalue weighted by Crippen LogP contribution is 2.40. The number of imidazole rings is 1. The summed E-state index contributed by atoms with van der Waals surface area (Å²) >= 11 is 18.5. The predicted molar refractivity (Wildman–Crippen MR) is 112 cm³/mol. The Hall–Kier alpha value is -1.60. The van der Waals surface area contributed by atoms with Gasteiger partial charge in [0.2, 0.25) is 5.79 Å². The zero-order chi connectivity index (χ0) is 20.3. The largest absolute Gasteiger partial charge is 0.374 e. The van der Waals surface area contributed by atoms with E-state index in [-0.39, 0.29) is 6.10 Å². The Labute approximate surface area is 184 Å². The van der Waals surface area contributed by atoms with E-state index in [9.17, 15) is 0 Å². The first-order valence-corrected chi connectivity index (χ1v) is 10.2. The van der Waals surface area contributed by atoms with E-state index in [1.165, 1.54) is 0 Å². The van der Waals surface area contributed by atoms with E-state index in [1.807, 2.05) is 41.1 Å². The van der Waals surface area contributed by atoms with E-state index in [4.69, 9.17) is 49.0 Å². The monoisotopic (exact) mass is 452 g/mol. The summed E-state index contributed by atoms with van der Waals surface area (Å²) < 4.78 is 20.2. The lowest BCUT2D eigenvalue weighted by molar-refractivity contribution is -0.191. The van der Waals surface area contributed by atoms with E-state index >= 15 is 0 Å². The Morgan fingerprint density at radius 1 is 1.10 bits per heavy atom. The van der Waals surface area contributed by atoms with Crippen LogP contribution in [0.4, 0.5) is 0 Å². The number of ether oxygens (including phenoxy) is 3. The van der Waals surface area contributed by atoms with Gasteiger partial charge < -0.3 is 18.8 Å². The van der Waals surface area contributed by atoms with Gasteiger partial charge in [0.25, 0.3) is 0 Å². The third kappa shape index (κ3) is 4.94. The fourth-order valence-corrected chi connectivity index (χ4v) is 3.94. The second kappa shape index (κ2) is 9.04.